The maximum absolute atomic E-state index is 12.3. The van der Waals surface area contributed by atoms with Gasteiger partial charge in [0.2, 0.25) is 5.91 Å². The van der Waals surface area contributed by atoms with Crippen LogP contribution in [0.2, 0.25) is 0 Å². The number of nitrogens with zero attached hydrogens (tertiary/aromatic N) is 1. The van der Waals surface area contributed by atoms with E-state index in [1.165, 1.54) is 0 Å². The molecule has 0 bridgehead atoms. The number of carbonyl (C=O) groups is 4. The minimum absolute atomic E-state index is 0.0190. The van der Waals surface area contributed by atoms with Crippen LogP contribution in [0.1, 0.15) is 38.5 Å². The van der Waals surface area contributed by atoms with Crippen LogP contribution >= 0.6 is 0 Å². The highest BCUT2D eigenvalue weighted by Crippen LogP contribution is 2.34. The SMILES string of the molecule is O=C(O)CCNC(=O)CCN1C(=O)NC2(CCCC2)C1=O. The van der Waals surface area contributed by atoms with Crippen molar-refractivity contribution in [2.75, 3.05) is 13.1 Å². The fourth-order valence-electron chi connectivity index (χ4n) is 2.81. The summed E-state index contributed by atoms with van der Waals surface area (Å²) >= 11 is 0. The Morgan fingerprint density at radius 2 is 1.90 bits per heavy atom. The van der Waals surface area contributed by atoms with E-state index in [9.17, 15) is 19.2 Å². The lowest BCUT2D eigenvalue weighted by molar-refractivity contribution is -0.137. The Hall–Kier alpha value is -2.12. The molecule has 2 fully saturated rings. The molecule has 0 aromatic carbocycles. The number of aliphatic carboxylic acids is 1. The molecular formula is C13H19N3O5. The van der Waals surface area contributed by atoms with Gasteiger partial charge in [-0.2, -0.15) is 0 Å². The number of carboxylic acid groups (broad SMARTS) is 1. The number of nitrogens with one attached hydrogen (secondary N) is 2. The molecule has 2 rings (SSSR count). The predicted molar refractivity (Wildman–Crippen MR) is 71.3 cm³/mol. The molecule has 0 aromatic heterocycles. The molecule has 1 saturated heterocycles. The van der Waals surface area contributed by atoms with Crippen LogP contribution in [0.3, 0.4) is 0 Å². The highest BCUT2D eigenvalue weighted by atomic mass is 16.4. The highest BCUT2D eigenvalue weighted by molar-refractivity contribution is 6.07. The van der Waals surface area contributed by atoms with Gasteiger partial charge in [-0.05, 0) is 12.8 Å². The van der Waals surface area contributed by atoms with E-state index < -0.39 is 17.5 Å². The molecule has 1 spiro atoms. The first-order valence-electron chi connectivity index (χ1n) is 7.07. The summed E-state index contributed by atoms with van der Waals surface area (Å²) in [6.07, 6.45) is 2.95. The van der Waals surface area contributed by atoms with Gasteiger partial charge in [-0.1, -0.05) is 12.8 Å². The van der Waals surface area contributed by atoms with Gasteiger partial charge in [0, 0.05) is 19.5 Å². The average molecular weight is 297 g/mol. The first-order valence-corrected chi connectivity index (χ1v) is 7.07. The minimum atomic E-state index is -0.993. The molecule has 8 heteroatoms. The number of carboxylic acids is 1. The first kappa shape index (κ1) is 15.3. The minimum Gasteiger partial charge on any atom is -0.481 e. The molecule has 0 unspecified atom stereocenters. The summed E-state index contributed by atoms with van der Waals surface area (Å²) in [5.41, 5.74) is -0.753. The van der Waals surface area contributed by atoms with Crippen molar-refractivity contribution in [1.82, 2.24) is 15.5 Å². The van der Waals surface area contributed by atoms with Crippen molar-refractivity contribution < 1.29 is 24.3 Å². The quantitative estimate of drug-likeness (QED) is 0.589. The molecule has 0 radical (unpaired) electrons. The number of hydrogen-bond acceptors (Lipinski definition) is 4. The summed E-state index contributed by atoms with van der Waals surface area (Å²) in [5.74, 6) is -1.61. The Morgan fingerprint density at radius 1 is 1.24 bits per heavy atom. The van der Waals surface area contributed by atoms with E-state index >= 15 is 0 Å². The predicted octanol–water partition coefficient (Wildman–Crippen LogP) is -0.168. The van der Waals surface area contributed by atoms with Gasteiger partial charge in [0.1, 0.15) is 5.54 Å². The third kappa shape index (κ3) is 3.32. The smallest absolute Gasteiger partial charge is 0.325 e. The summed E-state index contributed by atoms with van der Waals surface area (Å²) in [4.78, 5) is 47.1. The van der Waals surface area contributed by atoms with Crippen molar-refractivity contribution in [2.24, 2.45) is 0 Å². The van der Waals surface area contributed by atoms with Crippen molar-refractivity contribution in [2.45, 2.75) is 44.1 Å². The van der Waals surface area contributed by atoms with E-state index in [0.29, 0.717) is 12.8 Å². The Bertz CT molecular complexity index is 470. The molecule has 1 aliphatic carbocycles. The monoisotopic (exact) mass is 297 g/mol. The lowest BCUT2D eigenvalue weighted by atomic mass is 9.98. The van der Waals surface area contributed by atoms with E-state index in [4.69, 9.17) is 5.11 Å². The lowest BCUT2D eigenvalue weighted by Gasteiger charge is -2.19. The second-order valence-electron chi connectivity index (χ2n) is 5.42. The molecule has 0 aromatic rings. The van der Waals surface area contributed by atoms with Crippen molar-refractivity contribution in [3.8, 4) is 0 Å². The van der Waals surface area contributed by atoms with Crippen LogP contribution in [0.4, 0.5) is 4.79 Å². The van der Waals surface area contributed by atoms with Crippen molar-refractivity contribution in [3.05, 3.63) is 0 Å². The normalized spacial score (nSPS) is 19.9. The van der Waals surface area contributed by atoms with Gasteiger partial charge < -0.3 is 15.7 Å². The molecule has 2 aliphatic rings. The summed E-state index contributed by atoms with van der Waals surface area (Å²) in [6.45, 7) is 0.0591. The zero-order valence-electron chi connectivity index (χ0n) is 11.7. The maximum atomic E-state index is 12.3. The Balaban J connectivity index is 1.80. The summed E-state index contributed by atoms with van der Waals surface area (Å²) in [6, 6.07) is -0.444. The molecule has 4 amide bonds. The number of rotatable bonds is 6. The van der Waals surface area contributed by atoms with Gasteiger partial charge in [-0.25, -0.2) is 4.79 Å². The molecular weight excluding hydrogens is 278 g/mol. The summed E-state index contributed by atoms with van der Waals surface area (Å²) < 4.78 is 0. The Morgan fingerprint density at radius 3 is 2.52 bits per heavy atom. The van der Waals surface area contributed by atoms with Crippen LogP contribution in [-0.4, -0.2) is 52.4 Å². The third-order valence-electron chi connectivity index (χ3n) is 3.93. The number of imide groups is 1. The standard InChI is InChI=1S/C13H19N3O5/c17-9(14-7-3-10(18)19)4-8-16-11(20)13(15-12(16)21)5-1-2-6-13/h1-8H2,(H,14,17)(H,15,21)(H,18,19). The highest BCUT2D eigenvalue weighted by Gasteiger charge is 2.52. The molecule has 1 heterocycles. The molecule has 1 aliphatic heterocycles. The van der Waals surface area contributed by atoms with Crippen molar-refractivity contribution in [3.63, 3.8) is 0 Å². The van der Waals surface area contributed by atoms with Crippen LogP contribution in [0.15, 0.2) is 0 Å². The van der Waals surface area contributed by atoms with Crippen LogP contribution < -0.4 is 10.6 Å². The van der Waals surface area contributed by atoms with Gasteiger partial charge in [0.05, 0.1) is 6.42 Å². The fraction of sp³-hybridized carbons (Fsp3) is 0.692. The zero-order valence-corrected chi connectivity index (χ0v) is 11.7. The number of urea groups is 1. The maximum Gasteiger partial charge on any atom is 0.325 e. The Labute approximate surface area is 121 Å². The molecule has 116 valence electrons. The first-order chi connectivity index (χ1) is 9.94. The number of hydrogen-bond donors (Lipinski definition) is 3. The van der Waals surface area contributed by atoms with E-state index in [0.717, 1.165) is 17.7 Å². The molecule has 8 nitrogen and oxygen atoms in total. The van der Waals surface area contributed by atoms with Gasteiger partial charge in [-0.15, -0.1) is 0 Å². The largest absolute Gasteiger partial charge is 0.481 e. The van der Waals surface area contributed by atoms with E-state index in [1.807, 2.05) is 0 Å². The molecule has 21 heavy (non-hydrogen) atoms. The van der Waals surface area contributed by atoms with Crippen molar-refractivity contribution in [1.29, 1.82) is 0 Å². The average Bonchev–Trinajstić information content (AvgIpc) is 2.95. The topological polar surface area (TPSA) is 116 Å². The third-order valence-corrected chi connectivity index (χ3v) is 3.93. The number of carbonyl (C=O) groups excluding carboxylic acids is 3. The van der Waals surface area contributed by atoms with Crippen LogP contribution in [0.5, 0.6) is 0 Å². The van der Waals surface area contributed by atoms with Crippen molar-refractivity contribution >= 4 is 23.8 Å². The summed E-state index contributed by atoms with van der Waals surface area (Å²) in [5, 5.41) is 13.6. The van der Waals surface area contributed by atoms with Crippen LogP contribution in [-0.2, 0) is 14.4 Å². The second-order valence-corrected chi connectivity index (χ2v) is 5.42. The lowest BCUT2D eigenvalue weighted by Crippen LogP contribution is -2.44. The second kappa shape index (κ2) is 6.11. The van der Waals surface area contributed by atoms with Gasteiger partial charge in [0.25, 0.3) is 5.91 Å². The molecule has 3 N–H and O–H groups in total. The van der Waals surface area contributed by atoms with E-state index in [1.54, 1.807) is 0 Å². The van der Waals surface area contributed by atoms with Gasteiger partial charge in [-0.3, -0.25) is 19.3 Å². The molecule has 0 atom stereocenters. The zero-order chi connectivity index (χ0) is 15.5. The van der Waals surface area contributed by atoms with Gasteiger partial charge in [0.15, 0.2) is 0 Å². The van der Waals surface area contributed by atoms with Crippen LogP contribution in [0, 0.1) is 0 Å². The van der Waals surface area contributed by atoms with Crippen LogP contribution in [0.25, 0.3) is 0 Å². The number of amides is 4. The fourth-order valence-corrected chi connectivity index (χ4v) is 2.81. The molecule has 1 saturated carbocycles. The summed E-state index contributed by atoms with van der Waals surface area (Å²) in [7, 11) is 0. The van der Waals surface area contributed by atoms with E-state index in [-0.39, 0.29) is 37.7 Å². The van der Waals surface area contributed by atoms with E-state index in [2.05, 4.69) is 10.6 Å². The Kier molecular flexibility index (Phi) is 4.44. The van der Waals surface area contributed by atoms with Gasteiger partial charge >= 0.3 is 12.0 Å².